The van der Waals surface area contributed by atoms with E-state index in [2.05, 4.69) is 53.2 Å². The largest absolute Gasteiger partial charge is 0.383 e. The van der Waals surface area contributed by atoms with E-state index in [1.807, 2.05) is 0 Å². The van der Waals surface area contributed by atoms with E-state index in [0.717, 1.165) is 44.8 Å². The summed E-state index contributed by atoms with van der Waals surface area (Å²) in [5.41, 5.74) is 3.68. The van der Waals surface area contributed by atoms with Crippen molar-refractivity contribution in [3.05, 3.63) is 64.2 Å². The van der Waals surface area contributed by atoms with Gasteiger partial charge in [-0.1, -0.05) is 12.1 Å². The zero-order chi connectivity index (χ0) is 19.2. The molecule has 6 heteroatoms. The molecule has 0 spiro atoms. The number of benzene rings is 2. The van der Waals surface area contributed by atoms with E-state index in [1.54, 1.807) is 24.3 Å². The maximum atomic E-state index is 10.7. The number of nitro benzene ring substituents is 1. The van der Waals surface area contributed by atoms with Crippen LogP contribution in [0, 0.1) is 17.0 Å². The predicted molar refractivity (Wildman–Crippen MR) is 111 cm³/mol. The molecule has 1 aliphatic heterocycles. The summed E-state index contributed by atoms with van der Waals surface area (Å²) >= 11 is 0. The van der Waals surface area contributed by atoms with Gasteiger partial charge in [0.1, 0.15) is 0 Å². The zero-order valence-corrected chi connectivity index (χ0v) is 16.1. The number of hydrogen-bond donors (Lipinski definition) is 1. The lowest BCUT2D eigenvalue weighted by Crippen LogP contribution is -2.47. The summed E-state index contributed by atoms with van der Waals surface area (Å²) in [7, 11) is 0. The first kappa shape index (κ1) is 19.2. The smallest absolute Gasteiger partial charge is 0.269 e. The van der Waals surface area contributed by atoms with E-state index in [-0.39, 0.29) is 10.6 Å². The third-order valence-electron chi connectivity index (χ3n) is 5.11. The van der Waals surface area contributed by atoms with Gasteiger partial charge in [0.15, 0.2) is 0 Å². The Morgan fingerprint density at radius 2 is 1.81 bits per heavy atom. The van der Waals surface area contributed by atoms with Crippen molar-refractivity contribution in [2.24, 2.45) is 0 Å². The summed E-state index contributed by atoms with van der Waals surface area (Å²) in [6.45, 7) is 9.64. The lowest BCUT2D eigenvalue weighted by Gasteiger charge is -2.36. The van der Waals surface area contributed by atoms with Crippen LogP contribution in [0.15, 0.2) is 48.5 Å². The Balaban J connectivity index is 1.41. The molecule has 0 amide bonds. The van der Waals surface area contributed by atoms with Crippen molar-refractivity contribution in [1.82, 2.24) is 4.90 Å². The average molecular weight is 368 g/mol. The lowest BCUT2D eigenvalue weighted by atomic mass is 10.1. The number of non-ortho nitro benzene ring substituents is 1. The van der Waals surface area contributed by atoms with Crippen molar-refractivity contribution < 1.29 is 4.92 Å². The van der Waals surface area contributed by atoms with Gasteiger partial charge in [-0.05, 0) is 50.1 Å². The van der Waals surface area contributed by atoms with Crippen LogP contribution in [-0.4, -0.2) is 48.6 Å². The highest BCUT2D eigenvalue weighted by Gasteiger charge is 2.17. The van der Waals surface area contributed by atoms with Gasteiger partial charge in [-0.15, -0.1) is 0 Å². The van der Waals surface area contributed by atoms with Crippen LogP contribution in [0.4, 0.5) is 17.1 Å². The molecular weight excluding hydrogens is 340 g/mol. The van der Waals surface area contributed by atoms with Crippen molar-refractivity contribution in [3.8, 4) is 0 Å². The number of nitrogens with zero attached hydrogens (tertiary/aromatic N) is 3. The quantitative estimate of drug-likeness (QED) is 0.593. The standard InChI is InChI=1S/C21H28N4O2/c1-17-4-3-5-21(16-17)24-14-12-23(13-15-24)11-10-18(2)22-19-6-8-20(9-7-19)25(26)27/h3-9,16,18,22H,10-15H2,1-2H3. The van der Waals surface area contributed by atoms with Gasteiger partial charge in [-0.2, -0.15) is 0 Å². The Bertz CT molecular complexity index is 755. The fraction of sp³-hybridized carbons (Fsp3) is 0.429. The molecule has 0 aromatic heterocycles. The van der Waals surface area contributed by atoms with Crippen molar-refractivity contribution in [2.75, 3.05) is 42.9 Å². The Kier molecular flexibility index (Phi) is 6.29. The van der Waals surface area contributed by atoms with Crippen LogP contribution in [0.1, 0.15) is 18.9 Å². The molecule has 1 aliphatic rings. The minimum atomic E-state index is -0.371. The summed E-state index contributed by atoms with van der Waals surface area (Å²) in [4.78, 5) is 15.3. The van der Waals surface area contributed by atoms with Gasteiger partial charge in [0.25, 0.3) is 5.69 Å². The minimum absolute atomic E-state index is 0.125. The molecule has 1 heterocycles. The Morgan fingerprint density at radius 3 is 2.44 bits per heavy atom. The maximum Gasteiger partial charge on any atom is 0.269 e. The first-order valence-electron chi connectivity index (χ1n) is 9.56. The monoisotopic (exact) mass is 368 g/mol. The number of piperazine rings is 1. The summed E-state index contributed by atoms with van der Waals surface area (Å²) in [6, 6.07) is 15.7. The average Bonchev–Trinajstić information content (AvgIpc) is 2.67. The summed E-state index contributed by atoms with van der Waals surface area (Å²) in [5, 5.41) is 14.1. The molecule has 0 saturated carbocycles. The fourth-order valence-electron chi connectivity index (χ4n) is 3.47. The molecular formula is C21H28N4O2. The number of rotatable bonds is 7. The van der Waals surface area contributed by atoms with E-state index in [0.29, 0.717) is 6.04 Å². The fourth-order valence-corrected chi connectivity index (χ4v) is 3.47. The highest BCUT2D eigenvalue weighted by atomic mass is 16.6. The molecule has 2 aromatic carbocycles. The predicted octanol–water partition coefficient (Wildman–Crippen LogP) is 3.92. The molecule has 1 atom stereocenters. The second kappa shape index (κ2) is 8.86. The Labute approximate surface area is 160 Å². The topological polar surface area (TPSA) is 61.6 Å². The third-order valence-corrected chi connectivity index (χ3v) is 5.11. The Hall–Kier alpha value is -2.60. The van der Waals surface area contributed by atoms with E-state index in [1.165, 1.54) is 11.3 Å². The molecule has 2 aromatic rings. The first-order chi connectivity index (χ1) is 13.0. The highest BCUT2D eigenvalue weighted by molar-refractivity contribution is 5.49. The molecule has 0 aliphatic carbocycles. The summed E-state index contributed by atoms with van der Waals surface area (Å²) in [5.74, 6) is 0. The van der Waals surface area contributed by atoms with Crippen molar-refractivity contribution in [3.63, 3.8) is 0 Å². The zero-order valence-electron chi connectivity index (χ0n) is 16.1. The molecule has 27 heavy (non-hydrogen) atoms. The number of hydrogen-bond acceptors (Lipinski definition) is 5. The normalized spacial score (nSPS) is 16.1. The van der Waals surface area contributed by atoms with Crippen LogP contribution < -0.4 is 10.2 Å². The van der Waals surface area contributed by atoms with Gasteiger partial charge in [0, 0.05) is 62.3 Å². The van der Waals surface area contributed by atoms with Crippen LogP contribution >= 0.6 is 0 Å². The first-order valence-corrected chi connectivity index (χ1v) is 9.56. The van der Waals surface area contributed by atoms with E-state index < -0.39 is 0 Å². The molecule has 0 bridgehead atoms. The number of anilines is 2. The summed E-state index contributed by atoms with van der Waals surface area (Å²) < 4.78 is 0. The van der Waals surface area contributed by atoms with Gasteiger partial charge in [-0.25, -0.2) is 0 Å². The van der Waals surface area contributed by atoms with Gasteiger partial charge in [0.2, 0.25) is 0 Å². The second-order valence-electron chi connectivity index (χ2n) is 7.31. The van der Waals surface area contributed by atoms with Crippen LogP contribution in [0.3, 0.4) is 0 Å². The van der Waals surface area contributed by atoms with Gasteiger partial charge in [-0.3, -0.25) is 15.0 Å². The second-order valence-corrected chi connectivity index (χ2v) is 7.31. The number of nitro groups is 1. The van der Waals surface area contributed by atoms with Gasteiger partial charge < -0.3 is 10.2 Å². The number of aryl methyl sites for hydroxylation is 1. The van der Waals surface area contributed by atoms with Gasteiger partial charge >= 0.3 is 0 Å². The van der Waals surface area contributed by atoms with Crippen molar-refractivity contribution in [2.45, 2.75) is 26.3 Å². The van der Waals surface area contributed by atoms with Crippen LogP contribution in [0.25, 0.3) is 0 Å². The van der Waals surface area contributed by atoms with E-state index >= 15 is 0 Å². The van der Waals surface area contributed by atoms with Crippen molar-refractivity contribution >= 4 is 17.1 Å². The molecule has 0 radical (unpaired) electrons. The highest BCUT2D eigenvalue weighted by Crippen LogP contribution is 2.19. The van der Waals surface area contributed by atoms with Crippen LogP contribution in [-0.2, 0) is 0 Å². The molecule has 1 unspecified atom stereocenters. The van der Waals surface area contributed by atoms with Crippen LogP contribution in [0.2, 0.25) is 0 Å². The molecule has 1 saturated heterocycles. The maximum absolute atomic E-state index is 10.7. The Morgan fingerprint density at radius 1 is 1.11 bits per heavy atom. The van der Waals surface area contributed by atoms with E-state index in [4.69, 9.17) is 0 Å². The molecule has 144 valence electrons. The molecule has 1 fully saturated rings. The lowest BCUT2D eigenvalue weighted by molar-refractivity contribution is -0.384. The van der Waals surface area contributed by atoms with Gasteiger partial charge in [0.05, 0.1) is 4.92 Å². The SMILES string of the molecule is Cc1cccc(N2CCN(CCC(C)Nc3ccc([N+](=O)[O-])cc3)CC2)c1. The van der Waals surface area contributed by atoms with Crippen LogP contribution in [0.5, 0.6) is 0 Å². The summed E-state index contributed by atoms with van der Waals surface area (Å²) in [6.07, 6.45) is 1.04. The minimum Gasteiger partial charge on any atom is -0.383 e. The molecule has 6 nitrogen and oxygen atoms in total. The van der Waals surface area contributed by atoms with Crippen molar-refractivity contribution in [1.29, 1.82) is 0 Å². The number of nitrogens with one attached hydrogen (secondary N) is 1. The van der Waals surface area contributed by atoms with E-state index in [9.17, 15) is 10.1 Å². The molecule has 3 rings (SSSR count). The molecule has 1 N–H and O–H groups in total. The third kappa shape index (κ3) is 5.44.